The van der Waals surface area contributed by atoms with E-state index >= 15 is 0 Å². The predicted molar refractivity (Wildman–Crippen MR) is 118 cm³/mol. The molecule has 3 amide bonds. The van der Waals surface area contributed by atoms with Gasteiger partial charge < -0.3 is 20.2 Å². The van der Waals surface area contributed by atoms with Gasteiger partial charge >= 0.3 is 6.03 Å². The summed E-state index contributed by atoms with van der Waals surface area (Å²) in [7, 11) is 1.68. The van der Waals surface area contributed by atoms with E-state index in [-0.39, 0.29) is 30.0 Å². The summed E-state index contributed by atoms with van der Waals surface area (Å²) >= 11 is 0. The Bertz CT molecular complexity index is 1170. The zero-order chi connectivity index (χ0) is 23.9. The molecule has 0 radical (unpaired) electrons. The molecule has 2 aromatic rings. The third-order valence-electron chi connectivity index (χ3n) is 6.27. The van der Waals surface area contributed by atoms with Crippen molar-refractivity contribution in [2.45, 2.75) is 38.6 Å². The molecule has 3 atom stereocenters. The smallest absolute Gasteiger partial charge is 0.322 e. The average molecular weight is 452 g/mol. The van der Waals surface area contributed by atoms with Crippen molar-refractivity contribution in [2.24, 2.45) is 5.92 Å². The molecule has 9 nitrogen and oxygen atoms in total. The quantitative estimate of drug-likeness (QED) is 0.693. The van der Waals surface area contributed by atoms with Gasteiger partial charge in [0, 0.05) is 49.8 Å². The molecule has 1 aromatic carbocycles. The number of nitrogens with zero attached hydrogens (tertiary/aromatic N) is 5. The van der Waals surface area contributed by atoms with E-state index in [9.17, 15) is 19.1 Å². The van der Waals surface area contributed by atoms with Gasteiger partial charge in [0.15, 0.2) is 0 Å². The highest BCUT2D eigenvalue weighted by Crippen LogP contribution is 2.30. The van der Waals surface area contributed by atoms with Gasteiger partial charge in [0.2, 0.25) is 0 Å². The average Bonchev–Trinajstić information content (AvgIpc) is 3.08. The minimum atomic E-state index is -0.775. The Kier molecular flexibility index (Phi) is 5.91. The molecule has 0 saturated carbocycles. The van der Waals surface area contributed by atoms with Crippen molar-refractivity contribution >= 4 is 17.6 Å². The number of fused-ring (bicyclic) bond motifs is 3. The molecule has 0 bridgehead atoms. The zero-order valence-electron chi connectivity index (χ0n) is 18.5. The molecule has 0 spiro atoms. The molecule has 3 heterocycles. The largest absolute Gasteiger partial charge is 0.389 e. The number of anilines is 1. The molecule has 2 N–H and O–H groups in total. The van der Waals surface area contributed by atoms with Gasteiger partial charge in [-0.15, -0.1) is 6.58 Å². The molecule has 33 heavy (non-hydrogen) atoms. The number of carbonyl (C=O) groups excluding carboxylic acids is 2. The Morgan fingerprint density at radius 2 is 2.21 bits per heavy atom. The van der Waals surface area contributed by atoms with E-state index in [1.165, 1.54) is 18.2 Å². The highest BCUT2D eigenvalue weighted by molar-refractivity contribution is 5.95. The van der Waals surface area contributed by atoms with Gasteiger partial charge in [-0.05, 0) is 25.1 Å². The second-order valence-corrected chi connectivity index (χ2v) is 8.55. The number of rotatable bonds is 3. The lowest BCUT2D eigenvalue weighted by Crippen LogP contribution is -2.45. The molecular weight excluding hydrogens is 427 g/mol. The summed E-state index contributed by atoms with van der Waals surface area (Å²) in [6, 6.07) is 4.94. The summed E-state index contributed by atoms with van der Waals surface area (Å²) in [4.78, 5) is 29.3. The highest BCUT2D eigenvalue weighted by atomic mass is 19.1. The fourth-order valence-corrected chi connectivity index (χ4v) is 4.43. The lowest BCUT2D eigenvalue weighted by atomic mass is 9.99. The second kappa shape index (κ2) is 8.67. The number of benzene rings is 1. The Morgan fingerprint density at radius 3 is 2.91 bits per heavy atom. The van der Waals surface area contributed by atoms with Crippen molar-refractivity contribution in [3.05, 3.63) is 59.2 Å². The number of hydrogen-bond donors (Lipinski definition) is 2. The van der Waals surface area contributed by atoms with Crippen LogP contribution in [0.25, 0.3) is 0 Å². The van der Waals surface area contributed by atoms with Gasteiger partial charge in [-0.2, -0.15) is 10.4 Å². The van der Waals surface area contributed by atoms with Crippen molar-refractivity contribution in [2.75, 3.05) is 18.9 Å². The first-order valence-corrected chi connectivity index (χ1v) is 10.6. The van der Waals surface area contributed by atoms with Gasteiger partial charge in [0.25, 0.3) is 5.91 Å². The summed E-state index contributed by atoms with van der Waals surface area (Å²) in [6.45, 7) is 6.43. The van der Waals surface area contributed by atoms with Crippen LogP contribution in [-0.4, -0.2) is 62.4 Å². The first kappa shape index (κ1) is 22.5. The maximum atomic E-state index is 13.6. The van der Waals surface area contributed by atoms with Crippen LogP contribution >= 0.6 is 0 Å². The van der Waals surface area contributed by atoms with Gasteiger partial charge in [-0.3, -0.25) is 9.48 Å². The fraction of sp³-hybridized carbons (Fsp3) is 0.391. The van der Waals surface area contributed by atoms with Crippen LogP contribution < -0.4 is 5.32 Å². The third-order valence-corrected chi connectivity index (χ3v) is 6.27. The van der Waals surface area contributed by atoms with Gasteiger partial charge in [-0.1, -0.05) is 6.08 Å². The van der Waals surface area contributed by atoms with E-state index in [2.05, 4.69) is 17.0 Å². The van der Waals surface area contributed by atoms with Crippen molar-refractivity contribution in [3.8, 4) is 6.07 Å². The van der Waals surface area contributed by atoms with Crippen molar-refractivity contribution in [3.63, 3.8) is 0 Å². The minimum absolute atomic E-state index is 0.159. The zero-order valence-corrected chi connectivity index (χ0v) is 18.5. The molecule has 2 aliphatic heterocycles. The standard InChI is InChI=1S/C23H25FN6O3/c1-4-20(31)15-10-28(3)22(32)21-17-12-29(13(2)7-19(17)27-30(21)11-15)23(33)26-16-5-6-18(24)14(8-16)9-25/h4-6,8,13,15,20,31H,1,7,10-12H2,2-3H3,(H,26,33)/t13-,15+,20-/m1/s1. The molecule has 1 aromatic heterocycles. The minimum Gasteiger partial charge on any atom is -0.389 e. The van der Waals surface area contributed by atoms with E-state index in [4.69, 9.17) is 5.26 Å². The number of halogens is 1. The molecular formula is C23H25FN6O3. The molecule has 0 saturated heterocycles. The summed E-state index contributed by atoms with van der Waals surface area (Å²) in [5.74, 6) is -1.12. The number of aliphatic hydroxyl groups is 1. The number of hydrogen-bond acceptors (Lipinski definition) is 5. The van der Waals surface area contributed by atoms with Crippen LogP contribution in [0.2, 0.25) is 0 Å². The summed E-state index contributed by atoms with van der Waals surface area (Å²) in [5, 5.41) is 26.7. The van der Waals surface area contributed by atoms with Crippen LogP contribution in [-0.2, 0) is 19.5 Å². The highest BCUT2D eigenvalue weighted by Gasteiger charge is 2.37. The monoisotopic (exact) mass is 452 g/mol. The fourth-order valence-electron chi connectivity index (χ4n) is 4.43. The van der Waals surface area contributed by atoms with E-state index in [0.29, 0.717) is 36.5 Å². The number of aliphatic hydroxyl groups excluding tert-OH is 1. The third kappa shape index (κ3) is 4.07. The van der Waals surface area contributed by atoms with Crippen molar-refractivity contribution in [1.82, 2.24) is 19.6 Å². The number of carbonyl (C=O) groups is 2. The molecule has 0 fully saturated rings. The lowest BCUT2D eigenvalue weighted by Gasteiger charge is -2.33. The maximum absolute atomic E-state index is 13.6. The number of nitrogens with one attached hydrogen (secondary N) is 1. The Balaban J connectivity index is 1.62. The number of urea groups is 1. The van der Waals surface area contributed by atoms with Crippen LogP contribution in [0.5, 0.6) is 0 Å². The molecule has 0 unspecified atom stereocenters. The van der Waals surface area contributed by atoms with E-state index in [0.717, 1.165) is 11.8 Å². The van der Waals surface area contributed by atoms with Gasteiger partial charge in [0.05, 0.1) is 23.9 Å². The van der Waals surface area contributed by atoms with Crippen molar-refractivity contribution in [1.29, 1.82) is 5.26 Å². The Morgan fingerprint density at radius 1 is 1.45 bits per heavy atom. The molecule has 172 valence electrons. The lowest BCUT2D eigenvalue weighted by molar-refractivity contribution is 0.0724. The van der Waals surface area contributed by atoms with Crippen LogP contribution in [0.1, 0.15) is 34.2 Å². The molecule has 4 rings (SSSR count). The summed E-state index contributed by atoms with van der Waals surface area (Å²) in [5.41, 5.74) is 2.01. The van der Waals surface area contributed by atoms with E-state index < -0.39 is 18.0 Å². The molecule has 0 aliphatic carbocycles. The van der Waals surface area contributed by atoms with E-state index in [1.54, 1.807) is 27.6 Å². The first-order valence-electron chi connectivity index (χ1n) is 10.6. The van der Waals surface area contributed by atoms with Crippen LogP contribution in [0.4, 0.5) is 14.9 Å². The predicted octanol–water partition coefficient (Wildman–Crippen LogP) is 2.12. The van der Waals surface area contributed by atoms with Crippen LogP contribution in [0.15, 0.2) is 30.9 Å². The first-order chi connectivity index (χ1) is 15.7. The van der Waals surface area contributed by atoms with E-state index in [1.807, 2.05) is 6.92 Å². The van der Waals surface area contributed by atoms with Crippen LogP contribution in [0, 0.1) is 23.1 Å². The normalized spacial score (nSPS) is 20.9. The topological polar surface area (TPSA) is 114 Å². The van der Waals surface area contributed by atoms with Gasteiger partial charge in [-0.25, -0.2) is 9.18 Å². The number of aromatic nitrogens is 2. The summed E-state index contributed by atoms with van der Waals surface area (Å²) < 4.78 is 15.2. The van der Waals surface area contributed by atoms with Crippen LogP contribution in [0.3, 0.4) is 0 Å². The second-order valence-electron chi connectivity index (χ2n) is 8.55. The molecule has 2 aliphatic rings. The maximum Gasteiger partial charge on any atom is 0.322 e. The van der Waals surface area contributed by atoms with Crippen molar-refractivity contribution < 1.29 is 19.1 Å². The SMILES string of the molecule is C=C[C@@H](O)[C@H]1CN(C)C(=O)c2c3c(nn2C1)C[C@@H](C)N(C(=O)Nc1ccc(F)c(C#N)c1)C3. The summed E-state index contributed by atoms with van der Waals surface area (Å²) in [6.07, 6.45) is 1.14. The Hall–Kier alpha value is -3.71. The number of amides is 3. The molecule has 10 heteroatoms. The Labute approximate surface area is 190 Å². The van der Waals surface area contributed by atoms with Gasteiger partial charge in [0.1, 0.15) is 17.6 Å². The number of nitriles is 1.